The summed E-state index contributed by atoms with van der Waals surface area (Å²) in [6.07, 6.45) is 1.44. The topological polar surface area (TPSA) is 69.2 Å². The van der Waals surface area contributed by atoms with Gasteiger partial charge in [-0.2, -0.15) is 5.10 Å². The van der Waals surface area contributed by atoms with Gasteiger partial charge in [0.2, 0.25) is 0 Å². The number of amides is 1. The highest BCUT2D eigenvalue weighted by molar-refractivity contribution is 6.37. The zero-order valence-corrected chi connectivity index (χ0v) is 20.9. The Bertz CT molecular complexity index is 1140. The van der Waals surface area contributed by atoms with Gasteiger partial charge in [-0.15, -0.1) is 0 Å². The molecule has 1 amide bonds. The summed E-state index contributed by atoms with van der Waals surface area (Å²) in [7, 11) is 0. The van der Waals surface area contributed by atoms with Gasteiger partial charge in [-0.3, -0.25) is 4.79 Å². The molecule has 3 aromatic rings. The summed E-state index contributed by atoms with van der Waals surface area (Å²) in [5.41, 5.74) is 4.38. The average molecular weight is 522 g/mol. The second kappa shape index (κ2) is 12.5. The number of halogens is 3. The van der Waals surface area contributed by atoms with E-state index in [0.29, 0.717) is 56.7 Å². The van der Waals surface area contributed by atoms with E-state index < -0.39 is 5.91 Å². The normalized spacial score (nSPS) is 10.9. The molecule has 0 bridgehead atoms. The minimum Gasteiger partial charge on any atom is -0.490 e. The molecule has 1 N–H and O–H groups in total. The van der Waals surface area contributed by atoms with Crippen molar-refractivity contribution in [2.75, 3.05) is 13.2 Å². The fraction of sp³-hybridized carbons (Fsp3) is 0.200. The van der Waals surface area contributed by atoms with Gasteiger partial charge in [-0.05, 0) is 67.4 Å². The van der Waals surface area contributed by atoms with Gasteiger partial charge in [-0.25, -0.2) is 5.43 Å². The van der Waals surface area contributed by atoms with Crippen LogP contribution in [0.15, 0.2) is 59.7 Å². The second-order valence-electron chi connectivity index (χ2n) is 6.96. The molecule has 6 nitrogen and oxygen atoms in total. The average Bonchev–Trinajstić information content (AvgIpc) is 2.81. The smallest absolute Gasteiger partial charge is 0.271 e. The van der Waals surface area contributed by atoms with Crippen molar-refractivity contribution >= 4 is 46.9 Å². The summed E-state index contributed by atoms with van der Waals surface area (Å²) in [5, 5.41) is 5.29. The largest absolute Gasteiger partial charge is 0.490 e. The molecule has 0 heterocycles. The van der Waals surface area contributed by atoms with E-state index in [1.165, 1.54) is 6.21 Å². The van der Waals surface area contributed by atoms with E-state index in [4.69, 9.17) is 49.0 Å². The maximum Gasteiger partial charge on any atom is 0.271 e. The molecule has 0 spiro atoms. The zero-order chi connectivity index (χ0) is 24.5. The van der Waals surface area contributed by atoms with Crippen LogP contribution in [0.3, 0.4) is 0 Å². The summed E-state index contributed by atoms with van der Waals surface area (Å²) in [4.78, 5) is 12.5. The number of ether oxygens (including phenoxy) is 3. The van der Waals surface area contributed by atoms with Gasteiger partial charge in [0, 0.05) is 10.6 Å². The minimum absolute atomic E-state index is 0.284. The van der Waals surface area contributed by atoms with Crippen LogP contribution in [-0.2, 0) is 6.61 Å². The van der Waals surface area contributed by atoms with Gasteiger partial charge in [0.25, 0.3) is 5.91 Å². The van der Waals surface area contributed by atoms with E-state index in [2.05, 4.69) is 10.5 Å². The Kier molecular flexibility index (Phi) is 9.45. The third-order valence-electron chi connectivity index (χ3n) is 4.50. The molecule has 34 heavy (non-hydrogen) atoms. The van der Waals surface area contributed by atoms with Crippen molar-refractivity contribution in [3.63, 3.8) is 0 Å². The monoisotopic (exact) mass is 520 g/mol. The molecule has 0 aromatic heterocycles. The Labute approximate surface area is 213 Å². The molecule has 0 radical (unpaired) electrons. The minimum atomic E-state index is -0.402. The molecule has 3 aromatic carbocycles. The van der Waals surface area contributed by atoms with E-state index in [1.807, 2.05) is 26.0 Å². The number of hydrogen-bond acceptors (Lipinski definition) is 5. The standard InChI is InChI=1S/C25H23Cl3N2O4/c1-3-32-22-10-7-18(13-23(22)33-4-2)25(31)30-29-14-17-11-20(27)24(21(28)12-17)34-15-16-5-8-19(26)9-6-16/h5-14H,3-4,15H2,1-2H3,(H,30,31)/b29-14+. The second-order valence-corrected chi connectivity index (χ2v) is 8.21. The first-order valence-electron chi connectivity index (χ1n) is 10.5. The molecule has 0 saturated heterocycles. The van der Waals surface area contributed by atoms with Crippen molar-refractivity contribution < 1.29 is 19.0 Å². The fourth-order valence-corrected chi connectivity index (χ4v) is 3.69. The number of hydrogen-bond donors (Lipinski definition) is 1. The maximum absolute atomic E-state index is 12.5. The van der Waals surface area contributed by atoms with Crippen LogP contribution in [0.25, 0.3) is 0 Å². The fourth-order valence-electron chi connectivity index (χ4n) is 2.95. The quantitative estimate of drug-likeness (QED) is 0.236. The number of rotatable bonds is 10. The highest BCUT2D eigenvalue weighted by Gasteiger charge is 2.12. The highest BCUT2D eigenvalue weighted by atomic mass is 35.5. The zero-order valence-electron chi connectivity index (χ0n) is 18.6. The Hall–Kier alpha value is -2.93. The maximum atomic E-state index is 12.5. The van der Waals surface area contributed by atoms with Gasteiger partial charge in [-0.1, -0.05) is 46.9 Å². The lowest BCUT2D eigenvalue weighted by Gasteiger charge is -2.12. The molecule has 0 aliphatic heterocycles. The molecule has 0 aliphatic rings. The third-order valence-corrected chi connectivity index (χ3v) is 5.32. The molecule has 0 fully saturated rings. The van der Waals surface area contributed by atoms with Crippen LogP contribution < -0.4 is 19.6 Å². The van der Waals surface area contributed by atoms with E-state index in [9.17, 15) is 4.79 Å². The predicted molar refractivity (Wildman–Crippen MR) is 136 cm³/mol. The Morgan fingerprint density at radius 1 is 0.882 bits per heavy atom. The van der Waals surface area contributed by atoms with Crippen molar-refractivity contribution in [2.24, 2.45) is 5.10 Å². The number of carbonyl (C=O) groups excluding carboxylic acids is 1. The van der Waals surface area contributed by atoms with Crippen molar-refractivity contribution in [2.45, 2.75) is 20.5 Å². The highest BCUT2D eigenvalue weighted by Crippen LogP contribution is 2.34. The molecule has 3 rings (SSSR count). The Morgan fingerprint density at radius 2 is 1.53 bits per heavy atom. The third kappa shape index (κ3) is 7.03. The molecule has 178 valence electrons. The number of carbonyl (C=O) groups is 1. The van der Waals surface area contributed by atoms with E-state index in [1.54, 1.807) is 42.5 Å². The number of benzene rings is 3. The van der Waals surface area contributed by atoms with Crippen LogP contribution in [0, 0.1) is 0 Å². The molecule has 9 heteroatoms. The van der Waals surface area contributed by atoms with Gasteiger partial charge in [0.1, 0.15) is 6.61 Å². The van der Waals surface area contributed by atoms with E-state index in [-0.39, 0.29) is 6.61 Å². The van der Waals surface area contributed by atoms with Crippen molar-refractivity contribution in [3.05, 3.63) is 86.4 Å². The van der Waals surface area contributed by atoms with Gasteiger partial charge < -0.3 is 14.2 Å². The lowest BCUT2D eigenvalue weighted by atomic mass is 10.2. The SMILES string of the molecule is CCOc1ccc(C(=O)N/N=C/c2cc(Cl)c(OCc3ccc(Cl)cc3)c(Cl)c2)cc1OCC. The number of nitrogens with one attached hydrogen (secondary N) is 1. The van der Waals surface area contributed by atoms with Crippen LogP contribution in [0.1, 0.15) is 35.3 Å². The summed E-state index contributed by atoms with van der Waals surface area (Å²) >= 11 is 18.6. The Morgan fingerprint density at radius 3 is 2.18 bits per heavy atom. The molecule has 0 unspecified atom stereocenters. The first-order chi connectivity index (χ1) is 16.4. The molecule has 0 atom stereocenters. The molecule has 0 aliphatic carbocycles. The summed E-state index contributed by atoms with van der Waals surface area (Å²) < 4.78 is 16.8. The Balaban J connectivity index is 1.64. The number of hydrazone groups is 1. The lowest BCUT2D eigenvalue weighted by molar-refractivity contribution is 0.0954. The molecular formula is C25H23Cl3N2O4. The van der Waals surface area contributed by atoms with Crippen LogP contribution in [-0.4, -0.2) is 25.3 Å². The molecule has 0 saturated carbocycles. The summed E-state index contributed by atoms with van der Waals surface area (Å²) in [5.74, 6) is 1.03. The number of nitrogens with zero attached hydrogens (tertiary/aromatic N) is 1. The van der Waals surface area contributed by atoms with Crippen molar-refractivity contribution in [1.82, 2.24) is 5.43 Å². The van der Waals surface area contributed by atoms with Crippen LogP contribution in [0.5, 0.6) is 17.2 Å². The predicted octanol–water partition coefficient (Wildman–Crippen LogP) is 6.79. The van der Waals surface area contributed by atoms with E-state index in [0.717, 1.165) is 5.56 Å². The van der Waals surface area contributed by atoms with E-state index >= 15 is 0 Å². The van der Waals surface area contributed by atoms with Crippen LogP contribution in [0.2, 0.25) is 15.1 Å². The van der Waals surface area contributed by atoms with Gasteiger partial charge >= 0.3 is 0 Å². The summed E-state index contributed by atoms with van der Waals surface area (Å²) in [6, 6.07) is 15.5. The van der Waals surface area contributed by atoms with Crippen molar-refractivity contribution in [1.29, 1.82) is 0 Å². The first kappa shape index (κ1) is 25.7. The van der Waals surface area contributed by atoms with Crippen molar-refractivity contribution in [3.8, 4) is 17.2 Å². The van der Waals surface area contributed by atoms with Gasteiger partial charge in [0.05, 0.1) is 29.5 Å². The van der Waals surface area contributed by atoms with Crippen LogP contribution >= 0.6 is 34.8 Å². The first-order valence-corrected chi connectivity index (χ1v) is 11.6. The molecular weight excluding hydrogens is 499 g/mol. The lowest BCUT2D eigenvalue weighted by Crippen LogP contribution is -2.17. The van der Waals surface area contributed by atoms with Crippen LogP contribution in [0.4, 0.5) is 0 Å². The summed E-state index contributed by atoms with van der Waals surface area (Å²) in [6.45, 7) is 4.96. The van der Waals surface area contributed by atoms with Gasteiger partial charge in [0.15, 0.2) is 17.2 Å².